The summed E-state index contributed by atoms with van der Waals surface area (Å²) in [5.41, 5.74) is -0.916. The van der Waals surface area contributed by atoms with Crippen LogP contribution in [0.1, 0.15) is 40.5 Å². The number of carbonyl (C=O) groups excluding carboxylic acids is 1. The molecule has 80 valence electrons. The number of rotatable bonds is 2. The Labute approximate surface area is 84.5 Å². The minimum Gasteiger partial charge on any atom is -0.481 e. The van der Waals surface area contributed by atoms with Crippen LogP contribution in [0.25, 0.3) is 0 Å². The summed E-state index contributed by atoms with van der Waals surface area (Å²) in [7, 11) is 0. The van der Waals surface area contributed by atoms with Gasteiger partial charge in [0, 0.05) is 5.41 Å². The Morgan fingerprint density at radius 3 is 2.00 bits per heavy atom. The molecule has 0 heterocycles. The van der Waals surface area contributed by atoms with Crippen molar-refractivity contribution in [3.05, 3.63) is 0 Å². The molecule has 0 aromatic heterocycles. The van der Waals surface area contributed by atoms with Crippen LogP contribution in [0.5, 0.6) is 0 Å². The van der Waals surface area contributed by atoms with Crippen LogP contribution < -0.4 is 0 Å². The van der Waals surface area contributed by atoms with Crippen LogP contribution in [-0.2, 0) is 9.59 Å². The van der Waals surface area contributed by atoms with E-state index in [4.69, 9.17) is 5.11 Å². The van der Waals surface area contributed by atoms with Gasteiger partial charge in [-0.05, 0) is 25.2 Å². The topological polar surface area (TPSA) is 54.4 Å². The first kappa shape index (κ1) is 11.2. The van der Waals surface area contributed by atoms with E-state index in [0.29, 0.717) is 12.8 Å². The van der Waals surface area contributed by atoms with Crippen molar-refractivity contribution in [2.75, 3.05) is 0 Å². The molecule has 3 heteroatoms. The minimum absolute atomic E-state index is 0.103. The first-order valence-corrected chi connectivity index (χ1v) is 4.97. The molecule has 1 fully saturated rings. The van der Waals surface area contributed by atoms with Gasteiger partial charge >= 0.3 is 5.97 Å². The number of hydrogen-bond donors (Lipinski definition) is 1. The normalized spacial score (nSPS) is 35.6. The van der Waals surface area contributed by atoms with Gasteiger partial charge in [0.05, 0.1) is 5.92 Å². The number of ketones is 1. The number of carboxylic acids is 1. The number of aliphatic carboxylic acids is 1. The molecule has 1 aliphatic carbocycles. The van der Waals surface area contributed by atoms with E-state index in [2.05, 4.69) is 0 Å². The highest BCUT2D eigenvalue weighted by Crippen LogP contribution is 2.56. The van der Waals surface area contributed by atoms with E-state index in [1.54, 1.807) is 6.92 Å². The Kier molecular flexibility index (Phi) is 2.46. The van der Waals surface area contributed by atoms with E-state index in [1.807, 2.05) is 20.8 Å². The molecule has 2 atom stereocenters. The predicted octanol–water partition coefficient (Wildman–Crippen LogP) is 2.10. The second-order valence-electron chi connectivity index (χ2n) is 5.04. The van der Waals surface area contributed by atoms with Crippen molar-refractivity contribution in [3.8, 4) is 0 Å². The molecule has 0 aliphatic heterocycles. The molecule has 3 nitrogen and oxygen atoms in total. The van der Waals surface area contributed by atoms with Crippen molar-refractivity contribution in [3.63, 3.8) is 0 Å². The number of carbonyl (C=O) groups is 2. The average molecular weight is 198 g/mol. The largest absolute Gasteiger partial charge is 0.481 e. The molecule has 0 bridgehead atoms. The van der Waals surface area contributed by atoms with E-state index in [1.165, 1.54) is 0 Å². The molecule has 0 aromatic carbocycles. The molecule has 0 spiro atoms. The standard InChI is InChI=1S/C11H18O3/c1-7(12)11(4)6-5-8(9(13)14)10(11,2)3/h8H,5-6H2,1-4H3,(H,13,14)/t8-,11-/m1/s1. The highest BCUT2D eigenvalue weighted by atomic mass is 16.4. The van der Waals surface area contributed by atoms with Gasteiger partial charge < -0.3 is 5.11 Å². The van der Waals surface area contributed by atoms with Crippen molar-refractivity contribution in [1.29, 1.82) is 0 Å². The van der Waals surface area contributed by atoms with Crippen LogP contribution >= 0.6 is 0 Å². The van der Waals surface area contributed by atoms with E-state index in [9.17, 15) is 9.59 Å². The van der Waals surface area contributed by atoms with Gasteiger partial charge in [0.15, 0.2) is 0 Å². The van der Waals surface area contributed by atoms with Gasteiger partial charge in [-0.1, -0.05) is 20.8 Å². The highest BCUT2D eigenvalue weighted by Gasteiger charge is 2.56. The lowest BCUT2D eigenvalue weighted by molar-refractivity contribution is -0.147. The van der Waals surface area contributed by atoms with Gasteiger partial charge in [0.1, 0.15) is 5.78 Å². The van der Waals surface area contributed by atoms with Crippen molar-refractivity contribution in [2.24, 2.45) is 16.7 Å². The lowest BCUT2D eigenvalue weighted by Gasteiger charge is -2.38. The van der Waals surface area contributed by atoms with Crippen LogP contribution in [0, 0.1) is 16.7 Å². The maximum atomic E-state index is 11.6. The van der Waals surface area contributed by atoms with Gasteiger partial charge in [0.2, 0.25) is 0 Å². The smallest absolute Gasteiger partial charge is 0.307 e. The van der Waals surface area contributed by atoms with Gasteiger partial charge in [-0.2, -0.15) is 0 Å². The summed E-state index contributed by atoms with van der Waals surface area (Å²) in [6, 6.07) is 0. The van der Waals surface area contributed by atoms with E-state index in [-0.39, 0.29) is 5.78 Å². The third-order valence-electron chi connectivity index (χ3n) is 4.30. The second kappa shape index (κ2) is 3.07. The van der Waals surface area contributed by atoms with Crippen LogP contribution in [0.2, 0.25) is 0 Å². The SMILES string of the molecule is CC(=O)[C@@]1(C)CC[C@H](C(=O)O)C1(C)C. The molecule has 0 saturated heterocycles. The summed E-state index contributed by atoms with van der Waals surface area (Å²) >= 11 is 0. The lowest BCUT2D eigenvalue weighted by Crippen LogP contribution is -2.41. The summed E-state index contributed by atoms with van der Waals surface area (Å²) in [5, 5.41) is 9.05. The maximum absolute atomic E-state index is 11.6. The molecular weight excluding hydrogens is 180 g/mol. The summed E-state index contributed by atoms with van der Waals surface area (Å²) in [5.74, 6) is -1.07. The Morgan fingerprint density at radius 2 is 1.79 bits per heavy atom. The fourth-order valence-electron chi connectivity index (χ4n) is 2.56. The molecule has 14 heavy (non-hydrogen) atoms. The lowest BCUT2D eigenvalue weighted by atomic mass is 9.64. The molecule has 0 radical (unpaired) electrons. The molecule has 0 unspecified atom stereocenters. The third kappa shape index (κ3) is 1.26. The van der Waals surface area contributed by atoms with Gasteiger partial charge in [-0.3, -0.25) is 9.59 Å². The highest BCUT2D eigenvalue weighted by molar-refractivity contribution is 5.85. The molecule has 1 saturated carbocycles. The van der Waals surface area contributed by atoms with Gasteiger partial charge in [-0.15, -0.1) is 0 Å². The van der Waals surface area contributed by atoms with Crippen LogP contribution in [0.4, 0.5) is 0 Å². The molecular formula is C11H18O3. The fraction of sp³-hybridized carbons (Fsp3) is 0.818. The first-order chi connectivity index (χ1) is 6.23. The molecule has 1 rings (SSSR count). The van der Waals surface area contributed by atoms with Crippen molar-refractivity contribution < 1.29 is 14.7 Å². The van der Waals surface area contributed by atoms with E-state index < -0.39 is 22.7 Å². The summed E-state index contributed by atoms with van der Waals surface area (Å²) in [6.45, 7) is 7.23. The summed E-state index contributed by atoms with van der Waals surface area (Å²) in [4.78, 5) is 22.6. The fourth-order valence-corrected chi connectivity index (χ4v) is 2.56. The molecule has 0 amide bonds. The Balaban J connectivity index is 3.08. The number of hydrogen-bond acceptors (Lipinski definition) is 2. The zero-order chi connectivity index (χ0) is 11.1. The summed E-state index contributed by atoms with van der Waals surface area (Å²) in [6.07, 6.45) is 1.30. The van der Waals surface area contributed by atoms with E-state index in [0.717, 1.165) is 0 Å². The second-order valence-corrected chi connectivity index (χ2v) is 5.04. The summed E-state index contributed by atoms with van der Waals surface area (Å²) < 4.78 is 0. The van der Waals surface area contributed by atoms with Gasteiger partial charge in [0.25, 0.3) is 0 Å². The average Bonchev–Trinajstić information content (AvgIpc) is 2.24. The van der Waals surface area contributed by atoms with Crippen LogP contribution in [0.15, 0.2) is 0 Å². The van der Waals surface area contributed by atoms with Crippen LogP contribution in [0.3, 0.4) is 0 Å². The van der Waals surface area contributed by atoms with Crippen molar-refractivity contribution in [1.82, 2.24) is 0 Å². The Morgan fingerprint density at radius 1 is 1.29 bits per heavy atom. The minimum atomic E-state index is -0.778. The Bertz CT molecular complexity index is 280. The molecule has 1 aliphatic rings. The third-order valence-corrected chi connectivity index (χ3v) is 4.30. The van der Waals surface area contributed by atoms with Gasteiger partial charge in [-0.25, -0.2) is 0 Å². The van der Waals surface area contributed by atoms with E-state index >= 15 is 0 Å². The quantitative estimate of drug-likeness (QED) is 0.739. The van der Waals surface area contributed by atoms with Crippen LogP contribution in [-0.4, -0.2) is 16.9 Å². The molecule has 0 aromatic rings. The van der Waals surface area contributed by atoms with Crippen molar-refractivity contribution >= 4 is 11.8 Å². The maximum Gasteiger partial charge on any atom is 0.307 e. The van der Waals surface area contributed by atoms with Crippen molar-refractivity contribution in [2.45, 2.75) is 40.5 Å². The zero-order valence-electron chi connectivity index (χ0n) is 9.26. The predicted molar refractivity (Wildman–Crippen MR) is 52.9 cm³/mol. The number of Topliss-reactive ketones (excluding diaryl/α,β-unsaturated/α-hetero) is 1. The zero-order valence-corrected chi connectivity index (χ0v) is 9.26. The molecule has 1 N–H and O–H groups in total. The number of carboxylic acid groups (broad SMARTS) is 1. The first-order valence-electron chi connectivity index (χ1n) is 4.97. The Hall–Kier alpha value is -0.860. The monoisotopic (exact) mass is 198 g/mol.